The third kappa shape index (κ3) is 2.50. The van der Waals surface area contributed by atoms with Gasteiger partial charge >= 0.3 is 5.97 Å². The van der Waals surface area contributed by atoms with Crippen LogP contribution in [0.25, 0.3) is 11.3 Å². The molecule has 1 aromatic heterocycles. The maximum absolute atomic E-state index is 11.3. The van der Waals surface area contributed by atoms with Crippen LogP contribution in [0.4, 0.5) is 0 Å². The molecule has 0 aliphatic rings. The van der Waals surface area contributed by atoms with E-state index in [2.05, 4.69) is 34.0 Å². The second kappa shape index (κ2) is 5.40. The van der Waals surface area contributed by atoms with E-state index in [4.69, 9.17) is 0 Å². The molecule has 0 unspecified atom stereocenters. The Morgan fingerprint density at radius 3 is 2.45 bits per heavy atom. The number of halogens is 1. The first-order valence-corrected chi connectivity index (χ1v) is 7.21. The molecule has 0 atom stereocenters. The zero-order valence-corrected chi connectivity index (χ0v) is 13.5. The lowest BCUT2D eigenvalue weighted by Gasteiger charge is -2.12. The molecule has 0 radical (unpaired) electrons. The number of carboxylic acids is 1. The van der Waals surface area contributed by atoms with Crippen LogP contribution in [-0.2, 0) is 0 Å². The maximum Gasteiger partial charge on any atom is 0.357 e. The lowest BCUT2D eigenvalue weighted by atomic mass is 10.0. The van der Waals surface area contributed by atoms with Gasteiger partial charge in [0.25, 0.3) is 0 Å². The van der Waals surface area contributed by atoms with Crippen molar-refractivity contribution < 1.29 is 9.90 Å². The molecule has 106 valence electrons. The molecule has 1 aromatic carbocycles. The second-order valence-electron chi connectivity index (χ2n) is 5.15. The second-order valence-corrected chi connectivity index (χ2v) is 5.95. The number of aryl methyl sites for hydroxylation is 2. The fourth-order valence-corrected chi connectivity index (χ4v) is 2.73. The fraction of sp³-hybridized carbons (Fsp3) is 0.333. The summed E-state index contributed by atoms with van der Waals surface area (Å²) in [4.78, 5) is 11.3. The van der Waals surface area contributed by atoms with Crippen molar-refractivity contribution in [2.75, 3.05) is 0 Å². The molecule has 1 N–H and O–H groups in total. The fourth-order valence-electron chi connectivity index (χ4n) is 2.07. The number of benzene rings is 1. The summed E-state index contributed by atoms with van der Waals surface area (Å²) in [7, 11) is 0. The molecule has 0 aliphatic heterocycles. The molecular weight excluding hydrogens is 320 g/mol. The van der Waals surface area contributed by atoms with Crippen LogP contribution < -0.4 is 0 Å². The molecule has 0 fully saturated rings. The Balaban J connectivity index is 2.71. The quantitative estimate of drug-likeness (QED) is 0.913. The first-order valence-electron chi connectivity index (χ1n) is 6.41. The number of nitrogens with zero attached hydrogens (tertiary/aromatic N) is 2. The van der Waals surface area contributed by atoms with E-state index in [1.165, 1.54) is 11.1 Å². The zero-order valence-electron chi connectivity index (χ0n) is 11.9. The van der Waals surface area contributed by atoms with Crippen LogP contribution in [-0.4, -0.2) is 20.9 Å². The molecule has 5 heteroatoms. The Labute approximate surface area is 126 Å². The Hall–Kier alpha value is -1.62. The number of carboxylic acid groups (broad SMARTS) is 1. The minimum Gasteiger partial charge on any atom is -0.476 e. The average Bonchev–Trinajstić information content (AvgIpc) is 2.71. The van der Waals surface area contributed by atoms with Crippen LogP contribution >= 0.6 is 15.9 Å². The van der Waals surface area contributed by atoms with Crippen molar-refractivity contribution in [1.82, 2.24) is 9.78 Å². The highest BCUT2D eigenvalue weighted by Crippen LogP contribution is 2.34. The molecule has 2 rings (SSSR count). The lowest BCUT2D eigenvalue weighted by Crippen LogP contribution is -2.06. The summed E-state index contributed by atoms with van der Waals surface area (Å²) < 4.78 is 2.28. The molecule has 4 nitrogen and oxygen atoms in total. The minimum absolute atomic E-state index is 0.0481. The molecule has 0 aliphatic carbocycles. The van der Waals surface area contributed by atoms with Crippen LogP contribution in [0.15, 0.2) is 22.7 Å². The summed E-state index contributed by atoms with van der Waals surface area (Å²) in [5.74, 6) is -1.03. The van der Waals surface area contributed by atoms with E-state index in [0.29, 0.717) is 4.47 Å². The standard InChI is InChI=1S/C15H17BrN2O2/c1-8(2)18-14(12(16)13(17-18)15(19)20)11-6-5-9(3)10(4)7-11/h5-8H,1-4H3,(H,19,20). The SMILES string of the molecule is Cc1ccc(-c2c(Br)c(C(=O)O)nn2C(C)C)cc1C. The summed E-state index contributed by atoms with van der Waals surface area (Å²) >= 11 is 3.39. The number of aromatic carboxylic acids is 1. The van der Waals surface area contributed by atoms with Crippen molar-refractivity contribution >= 4 is 21.9 Å². The molecule has 0 bridgehead atoms. The van der Waals surface area contributed by atoms with Gasteiger partial charge in [0.1, 0.15) is 0 Å². The van der Waals surface area contributed by atoms with Gasteiger partial charge in [0, 0.05) is 11.6 Å². The van der Waals surface area contributed by atoms with E-state index >= 15 is 0 Å². The normalized spacial score (nSPS) is 11.1. The van der Waals surface area contributed by atoms with Gasteiger partial charge in [0.2, 0.25) is 0 Å². The van der Waals surface area contributed by atoms with Gasteiger partial charge in [-0.3, -0.25) is 4.68 Å². The molecule has 0 saturated heterocycles. The zero-order chi connectivity index (χ0) is 15.0. The van der Waals surface area contributed by atoms with Gasteiger partial charge < -0.3 is 5.11 Å². The first-order chi connectivity index (χ1) is 9.32. The van der Waals surface area contributed by atoms with Gasteiger partial charge in [-0.1, -0.05) is 12.1 Å². The van der Waals surface area contributed by atoms with Crippen molar-refractivity contribution in [3.8, 4) is 11.3 Å². The number of hydrogen-bond donors (Lipinski definition) is 1. The monoisotopic (exact) mass is 336 g/mol. The van der Waals surface area contributed by atoms with Crippen LogP contribution in [0.5, 0.6) is 0 Å². The molecule has 2 aromatic rings. The minimum atomic E-state index is -1.03. The molecule has 0 spiro atoms. The van der Waals surface area contributed by atoms with Crippen LogP contribution in [0.2, 0.25) is 0 Å². The highest BCUT2D eigenvalue weighted by Gasteiger charge is 2.23. The van der Waals surface area contributed by atoms with E-state index in [9.17, 15) is 9.90 Å². The van der Waals surface area contributed by atoms with Crippen molar-refractivity contribution in [3.05, 3.63) is 39.5 Å². The highest BCUT2D eigenvalue weighted by atomic mass is 79.9. The Kier molecular flexibility index (Phi) is 3.99. The molecular formula is C15H17BrN2O2. The average molecular weight is 337 g/mol. The summed E-state index contributed by atoms with van der Waals surface area (Å²) in [5, 5.41) is 13.4. The van der Waals surface area contributed by atoms with Crippen LogP contribution in [0.1, 0.15) is 41.5 Å². The molecule has 1 heterocycles. The van der Waals surface area contributed by atoms with Gasteiger partial charge in [0.05, 0.1) is 10.2 Å². The van der Waals surface area contributed by atoms with Crippen LogP contribution in [0.3, 0.4) is 0 Å². The van der Waals surface area contributed by atoms with E-state index in [1.54, 1.807) is 4.68 Å². The Morgan fingerprint density at radius 1 is 1.30 bits per heavy atom. The number of carbonyl (C=O) groups is 1. The van der Waals surface area contributed by atoms with Crippen molar-refractivity contribution in [1.29, 1.82) is 0 Å². The molecule has 0 amide bonds. The summed E-state index contributed by atoms with van der Waals surface area (Å²) in [5.41, 5.74) is 4.20. The van der Waals surface area contributed by atoms with E-state index in [0.717, 1.165) is 11.3 Å². The van der Waals surface area contributed by atoms with Gasteiger partial charge in [-0.05, 0) is 60.8 Å². The van der Waals surface area contributed by atoms with Gasteiger partial charge in [0.15, 0.2) is 5.69 Å². The number of aromatic nitrogens is 2. The van der Waals surface area contributed by atoms with E-state index < -0.39 is 5.97 Å². The number of hydrogen-bond acceptors (Lipinski definition) is 2. The molecule has 20 heavy (non-hydrogen) atoms. The third-order valence-corrected chi connectivity index (χ3v) is 4.08. The molecule has 0 saturated carbocycles. The predicted octanol–water partition coefficient (Wildman–Crippen LogP) is 4.21. The smallest absolute Gasteiger partial charge is 0.357 e. The maximum atomic E-state index is 11.3. The van der Waals surface area contributed by atoms with Gasteiger partial charge in [-0.25, -0.2) is 4.79 Å². The van der Waals surface area contributed by atoms with Crippen molar-refractivity contribution in [3.63, 3.8) is 0 Å². The van der Waals surface area contributed by atoms with E-state index in [1.807, 2.05) is 32.9 Å². The number of rotatable bonds is 3. The summed E-state index contributed by atoms with van der Waals surface area (Å²) in [6.07, 6.45) is 0. The predicted molar refractivity (Wildman–Crippen MR) is 82.2 cm³/mol. The highest BCUT2D eigenvalue weighted by molar-refractivity contribution is 9.10. The Morgan fingerprint density at radius 2 is 1.95 bits per heavy atom. The van der Waals surface area contributed by atoms with Crippen molar-refractivity contribution in [2.24, 2.45) is 0 Å². The first kappa shape index (κ1) is 14.8. The largest absolute Gasteiger partial charge is 0.476 e. The Bertz CT molecular complexity index is 675. The summed E-state index contributed by atoms with van der Waals surface area (Å²) in [6.45, 7) is 8.06. The topological polar surface area (TPSA) is 55.1 Å². The third-order valence-electron chi connectivity index (χ3n) is 3.32. The lowest BCUT2D eigenvalue weighted by molar-refractivity contribution is 0.0688. The van der Waals surface area contributed by atoms with E-state index in [-0.39, 0.29) is 11.7 Å². The van der Waals surface area contributed by atoms with Gasteiger partial charge in [-0.15, -0.1) is 0 Å². The summed E-state index contributed by atoms with van der Waals surface area (Å²) in [6, 6.07) is 6.17. The van der Waals surface area contributed by atoms with Crippen LogP contribution in [0, 0.1) is 13.8 Å². The van der Waals surface area contributed by atoms with Gasteiger partial charge in [-0.2, -0.15) is 5.10 Å². The van der Waals surface area contributed by atoms with Crippen molar-refractivity contribution in [2.45, 2.75) is 33.7 Å².